The normalized spacial score (nSPS) is 16.0. The lowest BCUT2D eigenvalue weighted by Gasteiger charge is -2.20. The van der Waals surface area contributed by atoms with Gasteiger partial charge in [-0.05, 0) is 29.3 Å². The van der Waals surface area contributed by atoms with E-state index in [0.29, 0.717) is 22.8 Å². The molecule has 0 saturated carbocycles. The van der Waals surface area contributed by atoms with Gasteiger partial charge in [0.05, 0.1) is 24.2 Å². The van der Waals surface area contributed by atoms with E-state index in [1.54, 1.807) is 36.3 Å². The maximum absolute atomic E-state index is 13.0. The number of aromatic amines is 1. The molecule has 27 heavy (non-hydrogen) atoms. The SMILES string of the molecule is COc1cccc2[nH]cc(CC(=O)N3CCS(=O)(=O)c4ccccc4C3)c12. The molecule has 0 aliphatic carbocycles. The molecule has 2 heterocycles. The van der Waals surface area contributed by atoms with E-state index >= 15 is 0 Å². The molecule has 140 valence electrons. The highest BCUT2D eigenvalue weighted by atomic mass is 32.2. The summed E-state index contributed by atoms with van der Waals surface area (Å²) in [7, 11) is -1.77. The number of amides is 1. The molecule has 0 atom stereocenters. The van der Waals surface area contributed by atoms with Crippen molar-refractivity contribution in [2.45, 2.75) is 17.9 Å². The molecule has 1 aromatic heterocycles. The summed E-state index contributed by atoms with van der Waals surface area (Å²) in [5.74, 6) is 0.543. The van der Waals surface area contributed by atoms with Crippen molar-refractivity contribution >= 4 is 26.6 Å². The molecular weight excluding hydrogens is 364 g/mol. The number of hydrogen-bond acceptors (Lipinski definition) is 4. The third kappa shape index (κ3) is 3.19. The van der Waals surface area contributed by atoms with Crippen molar-refractivity contribution in [3.63, 3.8) is 0 Å². The third-order valence-corrected chi connectivity index (χ3v) is 6.75. The molecule has 0 spiro atoms. The van der Waals surface area contributed by atoms with Crippen LogP contribution in [-0.4, -0.2) is 43.6 Å². The van der Waals surface area contributed by atoms with Gasteiger partial charge in [-0.3, -0.25) is 4.79 Å². The zero-order valence-corrected chi connectivity index (χ0v) is 15.8. The highest BCUT2D eigenvalue weighted by molar-refractivity contribution is 7.91. The van der Waals surface area contributed by atoms with E-state index in [2.05, 4.69) is 4.98 Å². The first kappa shape index (κ1) is 17.6. The van der Waals surface area contributed by atoms with Crippen molar-refractivity contribution in [2.24, 2.45) is 0 Å². The maximum atomic E-state index is 13.0. The van der Waals surface area contributed by atoms with E-state index in [1.165, 1.54) is 0 Å². The second kappa shape index (κ2) is 6.74. The van der Waals surface area contributed by atoms with Crippen molar-refractivity contribution < 1.29 is 17.9 Å². The van der Waals surface area contributed by atoms with Gasteiger partial charge in [-0.1, -0.05) is 24.3 Å². The van der Waals surface area contributed by atoms with Crippen molar-refractivity contribution in [3.8, 4) is 5.75 Å². The van der Waals surface area contributed by atoms with Gasteiger partial charge in [0.1, 0.15) is 5.75 Å². The Labute approximate surface area is 157 Å². The molecular formula is C20H20N2O4S. The first-order valence-corrected chi connectivity index (χ1v) is 10.4. The van der Waals surface area contributed by atoms with Crippen LogP contribution >= 0.6 is 0 Å². The smallest absolute Gasteiger partial charge is 0.227 e. The molecule has 3 aromatic rings. The molecule has 0 saturated heterocycles. The predicted molar refractivity (Wildman–Crippen MR) is 102 cm³/mol. The minimum atomic E-state index is -3.37. The van der Waals surface area contributed by atoms with E-state index in [0.717, 1.165) is 16.5 Å². The van der Waals surface area contributed by atoms with E-state index in [9.17, 15) is 13.2 Å². The number of H-pyrrole nitrogens is 1. The van der Waals surface area contributed by atoms with Gasteiger partial charge < -0.3 is 14.6 Å². The van der Waals surface area contributed by atoms with Crippen LogP contribution < -0.4 is 4.74 Å². The number of sulfone groups is 1. The lowest BCUT2D eigenvalue weighted by Crippen LogP contribution is -2.33. The van der Waals surface area contributed by atoms with E-state index < -0.39 is 9.84 Å². The quantitative estimate of drug-likeness (QED) is 0.753. The van der Waals surface area contributed by atoms with Gasteiger partial charge in [0, 0.05) is 30.2 Å². The van der Waals surface area contributed by atoms with E-state index in [1.807, 2.05) is 24.4 Å². The van der Waals surface area contributed by atoms with Crippen LogP contribution in [0, 0.1) is 0 Å². The summed E-state index contributed by atoms with van der Waals surface area (Å²) in [6.45, 7) is 0.489. The number of nitrogens with zero attached hydrogens (tertiary/aromatic N) is 1. The average molecular weight is 384 g/mol. The van der Waals surface area contributed by atoms with Gasteiger partial charge in [0.25, 0.3) is 0 Å². The Morgan fingerprint density at radius 1 is 1.19 bits per heavy atom. The number of hydrogen-bond donors (Lipinski definition) is 1. The van der Waals surface area contributed by atoms with E-state index in [4.69, 9.17) is 4.74 Å². The second-order valence-electron chi connectivity index (χ2n) is 6.62. The van der Waals surface area contributed by atoms with Crippen LogP contribution in [0.3, 0.4) is 0 Å². The number of aromatic nitrogens is 1. The second-order valence-corrected chi connectivity index (χ2v) is 8.69. The summed E-state index contributed by atoms with van der Waals surface area (Å²) >= 11 is 0. The number of methoxy groups -OCH3 is 1. The van der Waals surface area contributed by atoms with Crippen molar-refractivity contribution in [3.05, 3.63) is 59.8 Å². The number of nitrogens with one attached hydrogen (secondary N) is 1. The predicted octanol–water partition coefficient (Wildman–Crippen LogP) is 2.54. The number of fused-ring (bicyclic) bond motifs is 2. The Hall–Kier alpha value is -2.80. The Kier molecular flexibility index (Phi) is 4.39. The molecule has 0 radical (unpaired) electrons. The van der Waals surface area contributed by atoms with Crippen LogP contribution in [-0.2, 0) is 27.6 Å². The minimum Gasteiger partial charge on any atom is -0.496 e. The number of carbonyl (C=O) groups is 1. The monoisotopic (exact) mass is 384 g/mol. The fourth-order valence-electron chi connectivity index (χ4n) is 3.58. The topological polar surface area (TPSA) is 79.5 Å². The Bertz CT molecular complexity index is 1120. The molecule has 0 unspecified atom stereocenters. The number of benzene rings is 2. The summed E-state index contributed by atoms with van der Waals surface area (Å²) in [6.07, 6.45) is 2.00. The zero-order chi connectivity index (χ0) is 19.0. The van der Waals surface area contributed by atoms with Crippen molar-refractivity contribution in [1.82, 2.24) is 9.88 Å². The molecule has 1 N–H and O–H groups in total. The summed E-state index contributed by atoms with van der Waals surface area (Å²) < 4.78 is 30.4. The Morgan fingerprint density at radius 3 is 2.81 bits per heavy atom. The first-order chi connectivity index (χ1) is 13.0. The number of ether oxygens (including phenoxy) is 1. The molecule has 1 aliphatic rings. The van der Waals surface area contributed by atoms with Crippen molar-refractivity contribution in [1.29, 1.82) is 0 Å². The van der Waals surface area contributed by atoms with Crippen LogP contribution in [0.5, 0.6) is 5.75 Å². The fraction of sp³-hybridized carbons (Fsp3) is 0.250. The minimum absolute atomic E-state index is 0.0625. The lowest BCUT2D eigenvalue weighted by molar-refractivity contribution is -0.130. The third-order valence-electron chi connectivity index (χ3n) is 4.96. The average Bonchev–Trinajstić information content (AvgIpc) is 3.02. The zero-order valence-electron chi connectivity index (χ0n) is 14.9. The molecule has 1 amide bonds. The summed E-state index contributed by atoms with van der Waals surface area (Å²) in [5.41, 5.74) is 2.41. The van der Waals surface area contributed by atoms with Crippen LogP contribution in [0.1, 0.15) is 11.1 Å². The molecule has 6 nitrogen and oxygen atoms in total. The van der Waals surface area contributed by atoms with Crippen molar-refractivity contribution in [2.75, 3.05) is 19.4 Å². The largest absolute Gasteiger partial charge is 0.496 e. The molecule has 0 bridgehead atoms. The van der Waals surface area contributed by atoms with Gasteiger partial charge >= 0.3 is 0 Å². The Balaban J connectivity index is 1.63. The lowest BCUT2D eigenvalue weighted by atomic mass is 10.1. The van der Waals surface area contributed by atoms with E-state index in [-0.39, 0.29) is 24.6 Å². The fourth-order valence-corrected chi connectivity index (χ4v) is 5.08. The number of rotatable bonds is 3. The van der Waals surface area contributed by atoms with Crippen LogP contribution in [0.15, 0.2) is 53.6 Å². The molecule has 0 fully saturated rings. The van der Waals surface area contributed by atoms with Gasteiger partial charge in [0.15, 0.2) is 9.84 Å². The van der Waals surface area contributed by atoms with Gasteiger partial charge in [-0.2, -0.15) is 0 Å². The Morgan fingerprint density at radius 2 is 2.00 bits per heavy atom. The summed E-state index contributed by atoms with van der Waals surface area (Å²) in [5, 5.41) is 0.885. The molecule has 4 rings (SSSR count). The van der Waals surface area contributed by atoms with Crippen LogP contribution in [0.4, 0.5) is 0 Å². The molecule has 7 heteroatoms. The highest BCUT2D eigenvalue weighted by Gasteiger charge is 2.27. The standard InChI is InChI=1S/C20H20N2O4S/c1-26-17-7-4-6-16-20(17)15(12-21-16)11-19(23)22-9-10-27(24,25)18-8-3-2-5-14(18)13-22/h2-8,12,21H,9-11,13H2,1H3. The van der Waals surface area contributed by atoms with Crippen LogP contribution in [0.2, 0.25) is 0 Å². The summed E-state index contributed by atoms with van der Waals surface area (Å²) in [6, 6.07) is 12.6. The summed E-state index contributed by atoms with van der Waals surface area (Å²) in [4.78, 5) is 18.1. The first-order valence-electron chi connectivity index (χ1n) is 8.71. The highest BCUT2D eigenvalue weighted by Crippen LogP contribution is 2.29. The van der Waals surface area contributed by atoms with Gasteiger partial charge in [0.2, 0.25) is 5.91 Å². The van der Waals surface area contributed by atoms with Crippen LogP contribution in [0.25, 0.3) is 10.9 Å². The molecule has 1 aliphatic heterocycles. The maximum Gasteiger partial charge on any atom is 0.227 e. The number of carbonyl (C=O) groups excluding carboxylic acids is 1. The molecule has 2 aromatic carbocycles. The van der Waals surface area contributed by atoms with Gasteiger partial charge in [-0.25, -0.2) is 8.42 Å². The van der Waals surface area contributed by atoms with Gasteiger partial charge in [-0.15, -0.1) is 0 Å².